The van der Waals surface area contributed by atoms with Crippen molar-refractivity contribution < 1.29 is 0 Å². The van der Waals surface area contributed by atoms with E-state index in [-0.39, 0.29) is 5.92 Å². The number of rotatable bonds is 4. The Labute approximate surface area is 67.9 Å². The van der Waals surface area contributed by atoms with Crippen molar-refractivity contribution in [2.75, 3.05) is 6.54 Å². The van der Waals surface area contributed by atoms with Crippen LogP contribution in [-0.4, -0.2) is 12.4 Å². The molecular formula is C8H15N3. The maximum Gasteiger partial charge on any atom is 0.0905 e. The third kappa shape index (κ3) is 6.85. The third-order valence-electron chi connectivity index (χ3n) is 1.38. The summed E-state index contributed by atoms with van der Waals surface area (Å²) >= 11 is 0. The van der Waals surface area contributed by atoms with Crippen LogP contribution in [0.25, 0.3) is 0 Å². The highest BCUT2D eigenvalue weighted by Gasteiger charge is 1.96. The number of nitrogens with two attached hydrogens (primary N) is 1. The molecule has 0 saturated heterocycles. The minimum atomic E-state index is 0.142. The second-order valence-corrected chi connectivity index (χ2v) is 2.70. The lowest BCUT2D eigenvalue weighted by molar-refractivity contribution is 0.624. The van der Waals surface area contributed by atoms with Crippen LogP contribution in [0.3, 0.4) is 0 Å². The van der Waals surface area contributed by atoms with Gasteiger partial charge < -0.3 is 5.73 Å². The molecule has 0 saturated carbocycles. The lowest BCUT2D eigenvalue weighted by atomic mass is 10.1. The van der Waals surface area contributed by atoms with E-state index in [0.717, 1.165) is 19.4 Å². The van der Waals surface area contributed by atoms with Gasteiger partial charge in [0.15, 0.2) is 0 Å². The molecule has 62 valence electrons. The van der Waals surface area contributed by atoms with Crippen LogP contribution in [0.2, 0.25) is 0 Å². The number of nitrogens with zero attached hydrogens (tertiary/aromatic N) is 2. The fraction of sp³-hybridized carbons (Fsp3) is 0.750. The van der Waals surface area contributed by atoms with Gasteiger partial charge in [-0.2, -0.15) is 5.26 Å². The molecule has 0 spiro atoms. The molecule has 0 aliphatic rings. The molecule has 0 unspecified atom stereocenters. The lowest BCUT2D eigenvalue weighted by Crippen LogP contribution is -2.06. The number of amidine groups is 1. The van der Waals surface area contributed by atoms with Gasteiger partial charge in [0.05, 0.1) is 11.9 Å². The van der Waals surface area contributed by atoms with Crippen LogP contribution in [0.5, 0.6) is 0 Å². The van der Waals surface area contributed by atoms with Gasteiger partial charge in [0.25, 0.3) is 0 Å². The van der Waals surface area contributed by atoms with E-state index >= 15 is 0 Å². The molecule has 0 heterocycles. The normalized spacial score (nSPS) is 14.1. The zero-order chi connectivity index (χ0) is 8.69. The summed E-state index contributed by atoms with van der Waals surface area (Å²) in [7, 11) is 0. The van der Waals surface area contributed by atoms with Gasteiger partial charge in [0, 0.05) is 12.5 Å². The van der Waals surface area contributed by atoms with E-state index < -0.39 is 0 Å². The van der Waals surface area contributed by atoms with Crippen LogP contribution in [0.15, 0.2) is 4.99 Å². The first-order valence-electron chi connectivity index (χ1n) is 3.83. The standard InChI is InChI=1S/C8H15N3/c1-7(6-9)4-3-5-11-8(2)10/h7H,3-5H2,1-2H3,(H2,10,11)/t7-/m0/s1. The Bertz CT molecular complexity index is 163. The van der Waals surface area contributed by atoms with Crippen LogP contribution >= 0.6 is 0 Å². The Hall–Kier alpha value is -1.04. The van der Waals surface area contributed by atoms with E-state index in [1.807, 2.05) is 6.92 Å². The molecule has 3 heteroatoms. The largest absolute Gasteiger partial charge is 0.388 e. The molecule has 1 atom stereocenters. The summed E-state index contributed by atoms with van der Waals surface area (Å²) in [5.74, 6) is 0.762. The predicted molar refractivity (Wildman–Crippen MR) is 46.2 cm³/mol. The van der Waals surface area contributed by atoms with E-state index in [4.69, 9.17) is 11.0 Å². The molecule has 0 aromatic heterocycles. The number of hydrogen-bond acceptors (Lipinski definition) is 2. The summed E-state index contributed by atoms with van der Waals surface area (Å²) in [6.45, 7) is 4.43. The predicted octanol–water partition coefficient (Wildman–Crippen LogP) is 1.30. The highest BCUT2D eigenvalue weighted by molar-refractivity contribution is 5.77. The minimum Gasteiger partial charge on any atom is -0.388 e. The van der Waals surface area contributed by atoms with Crippen LogP contribution in [-0.2, 0) is 0 Å². The Balaban J connectivity index is 3.30. The first-order chi connectivity index (χ1) is 5.16. The summed E-state index contributed by atoms with van der Waals surface area (Å²) in [5.41, 5.74) is 5.33. The van der Waals surface area contributed by atoms with Crippen LogP contribution in [0.4, 0.5) is 0 Å². The lowest BCUT2D eigenvalue weighted by Gasteiger charge is -1.98. The highest BCUT2D eigenvalue weighted by Crippen LogP contribution is 2.02. The number of nitriles is 1. The molecular weight excluding hydrogens is 138 g/mol. The van der Waals surface area contributed by atoms with Gasteiger partial charge in [0.1, 0.15) is 0 Å². The van der Waals surface area contributed by atoms with Crippen molar-refractivity contribution in [3.8, 4) is 6.07 Å². The summed E-state index contributed by atoms with van der Waals surface area (Å²) < 4.78 is 0. The maximum atomic E-state index is 8.43. The van der Waals surface area contributed by atoms with E-state index in [1.54, 1.807) is 6.92 Å². The van der Waals surface area contributed by atoms with Gasteiger partial charge >= 0.3 is 0 Å². The fourth-order valence-corrected chi connectivity index (χ4v) is 0.717. The van der Waals surface area contributed by atoms with Gasteiger partial charge in [-0.3, -0.25) is 4.99 Å². The summed E-state index contributed by atoms with van der Waals surface area (Å²) in [4.78, 5) is 4.02. The Kier molecular flexibility index (Phi) is 5.18. The van der Waals surface area contributed by atoms with Gasteiger partial charge in [0.2, 0.25) is 0 Å². The molecule has 0 fully saturated rings. The molecule has 0 radical (unpaired) electrons. The van der Waals surface area contributed by atoms with Crippen molar-refractivity contribution in [2.45, 2.75) is 26.7 Å². The van der Waals surface area contributed by atoms with Crippen molar-refractivity contribution in [3.05, 3.63) is 0 Å². The van der Waals surface area contributed by atoms with E-state index in [0.29, 0.717) is 5.84 Å². The Morgan fingerprint density at radius 2 is 2.36 bits per heavy atom. The van der Waals surface area contributed by atoms with Gasteiger partial charge in [-0.05, 0) is 26.7 Å². The summed E-state index contributed by atoms with van der Waals surface area (Å²) in [6.07, 6.45) is 1.86. The van der Waals surface area contributed by atoms with Crippen molar-refractivity contribution in [2.24, 2.45) is 16.6 Å². The highest BCUT2D eigenvalue weighted by atomic mass is 14.8. The van der Waals surface area contributed by atoms with Gasteiger partial charge in [-0.1, -0.05) is 0 Å². The molecule has 3 nitrogen and oxygen atoms in total. The minimum absolute atomic E-state index is 0.142. The van der Waals surface area contributed by atoms with Crippen molar-refractivity contribution in [1.29, 1.82) is 5.26 Å². The Morgan fingerprint density at radius 3 is 2.82 bits per heavy atom. The second kappa shape index (κ2) is 5.72. The molecule has 0 amide bonds. The molecule has 2 N–H and O–H groups in total. The van der Waals surface area contributed by atoms with Crippen LogP contribution < -0.4 is 5.73 Å². The van der Waals surface area contributed by atoms with Gasteiger partial charge in [-0.25, -0.2) is 0 Å². The third-order valence-corrected chi connectivity index (χ3v) is 1.38. The molecule has 0 aromatic rings. The summed E-state index contributed by atoms with van der Waals surface area (Å²) in [6, 6.07) is 2.17. The van der Waals surface area contributed by atoms with Crippen molar-refractivity contribution in [1.82, 2.24) is 0 Å². The molecule has 0 bridgehead atoms. The average Bonchev–Trinajstić information content (AvgIpc) is 1.97. The van der Waals surface area contributed by atoms with E-state index in [2.05, 4.69) is 11.1 Å². The molecule has 11 heavy (non-hydrogen) atoms. The first-order valence-corrected chi connectivity index (χ1v) is 3.83. The molecule has 0 aliphatic carbocycles. The van der Waals surface area contributed by atoms with Crippen LogP contribution in [0.1, 0.15) is 26.7 Å². The monoisotopic (exact) mass is 153 g/mol. The smallest absolute Gasteiger partial charge is 0.0905 e. The fourth-order valence-electron chi connectivity index (χ4n) is 0.717. The number of aliphatic imine (C=N–C) groups is 1. The summed E-state index contributed by atoms with van der Waals surface area (Å²) in [5, 5.41) is 8.43. The van der Waals surface area contributed by atoms with Crippen LogP contribution in [0, 0.1) is 17.2 Å². The maximum absolute atomic E-state index is 8.43. The van der Waals surface area contributed by atoms with Crippen molar-refractivity contribution >= 4 is 5.84 Å². The quantitative estimate of drug-likeness (QED) is 0.376. The zero-order valence-corrected chi connectivity index (χ0v) is 7.17. The molecule has 0 rings (SSSR count). The number of hydrogen-bond donors (Lipinski definition) is 1. The topological polar surface area (TPSA) is 62.2 Å². The Morgan fingerprint density at radius 1 is 1.73 bits per heavy atom. The van der Waals surface area contributed by atoms with E-state index in [1.165, 1.54) is 0 Å². The first kappa shape index (κ1) is 9.96. The second-order valence-electron chi connectivity index (χ2n) is 2.70. The van der Waals surface area contributed by atoms with Gasteiger partial charge in [-0.15, -0.1) is 0 Å². The van der Waals surface area contributed by atoms with Crippen molar-refractivity contribution in [3.63, 3.8) is 0 Å². The molecule has 0 aromatic carbocycles. The van der Waals surface area contributed by atoms with E-state index in [9.17, 15) is 0 Å². The average molecular weight is 153 g/mol. The molecule has 0 aliphatic heterocycles. The SMILES string of the molecule is CC(N)=NCCC[C@H](C)C#N. The zero-order valence-electron chi connectivity index (χ0n) is 7.17.